The monoisotopic (exact) mass is 781 g/mol. The van der Waals surface area contributed by atoms with Crippen molar-refractivity contribution in [3.8, 4) is 66.8 Å². The molecule has 11 rings (SSSR count). The van der Waals surface area contributed by atoms with Crippen LogP contribution in [0.4, 0.5) is 17.1 Å². The number of nitrogens with zero attached hydrogens (tertiary/aromatic N) is 1. The Labute approximate surface area is 360 Å². The molecule has 0 fully saturated rings. The molecule has 0 saturated heterocycles. The fourth-order valence-electron chi connectivity index (χ4n) is 10.4. The van der Waals surface area contributed by atoms with Gasteiger partial charge in [0.1, 0.15) is 0 Å². The van der Waals surface area contributed by atoms with Crippen LogP contribution >= 0.6 is 0 Å². The lowest BCUT2D eigenvalue weighted by Gasteiger charge is -2.31. The van der Waals surface area contributed by atoms with E-state index in [-0.39, 0.29) is 10.8 Å². The van der Waals surface area contributed by atoms with Crippen LogP contribution in [0.25, 0.3) is 66.8 Å². The van der Waals surface area contributed by atoms with Crippen LogP contribution in [0.15, 0.2) is 212 Å². The summed E-state index contributed by atoms with van der Waals surface area (Å²) in [4.78, 5) is 2.50. The van der Waals surface area contributed by atoms with Gasteiger partial charge < -0.3 is 4.90 Å². The molecule has 0 aliphatic heterocycles. The van der Waals surface area contributed by atoms with Gasteiger partial charge in [-0.1, -0.05) is 204 Å². The fourth-order valence-corrected chi connectivity index (χ4v) is 10.4. The highest BCUT2D eigenvalue weighted by Crippen LogP contribution is 2.54. The Balaban J connectivity index is 1.18. The molecule has 9 aromatic carbocycles. The quantitative estimate of drug-likeness (QED) is 0.156. The van der Waals surface area contributed by atoms with Crippen molar-refractivity contribution in [3.05, 3.63) is 235 Å². The van der Waals surface area contributed by atoms with E-state index in [9.17, 15) is 0 Å². The first kappa shape index (κ1) is 36.8. The highest BCUT2D eigenvalue weighted by molar-refractivity contribution is 6.02. The second-order valence-electron chi connectivity index (χ2n) is 17.7. The van der Waals surface area contributed by atoms with Crippen molar-refractivity contribution in [1.82, 2.24) is 0 Å². The highest BCUT2D eigenvalue weighted by atomic mass is 15.1. The van der Waals surface area contributed by atoms with Gasteiger partial charge >= 0.3 is 0 Å². The van der Waals surface area contributed by atoms with E-state index in [1.54, 1.807) is 0 Å². The minimum Gasteiger partial charge on any atom is -0.310 e. The minimum atomic E-state index is -0.149. The summed E-state index contributed by atoms with van der Waals surface area (Å²) in [5, 5.41) is 0. The number of hydrogen-bond acceptors (Lipinski definition) is 1. The zero-order valence-electron chi connectivity index (χ0n) is 35.2. The molecule has 292 valence electrons. The molecular weight excluding hydrogens is 735 g/mol. The number of hydrogen-bond donors (Lipinski definition) is 0. The Morgan fingerprint density at radius 1 is 0.279 bits per heavy atom. The molecule has 0 spiro atoms. The molecule has 0 atom stereocenters. The Morgan fingerprint density at radius 2 is 0.721 bits per heavy atom. The van der Waals surface area contributed by atoms with Crippen molar-refractivity contribution >= 4 is 17.1 Å². The predicted molar refractivity (Wildman–Crippen MR) is 258 cm³/mol. The third-order valence-electron chi connectivity index (χ3n) is 13.5. The maximum absolute atomic E-state index is 2.50. The zero-order chi connectivity index (χ0) is 41.3. The number of benzene rings is 9. The van der Waals surface area contributed by atoms with Gasteiger partial charge in [-0.3, -0.25) is 0 Å². The van der Waals surface area contributed by atoms with E-state index in [0.717, 1.165) is 17.1 Å². The molecule has 9 aromatic rings. The third-order valence-corrected chi connectivity index (χ3v) is 13.5. The highest BCUT2D eigenvalue weighted by Gasteiger charge is 2.37. The maximum Gasteiger partial charge on any atom is 0.0546 e. The SMILES string of the molecule is CC1(C)c2ccccc2-c2ccc(-c3cccc(N(c4ccc(-c5ccccc5)cc4)c4ccc5c(c4)C(C)(C)c4ccccc4-5)c3-c3ccccc3-c3ccccc3)cc21. The molecule has 1 nitrogen and oxygen atoms in total. The van der Waals surface area contributed by atoms with Crippen LogP contribution in [0.3, 0.4) is 0 Å². The fraction of sp³-hybridized carbons (Fsp3) is 0.100. The van der Waals surface area contributed by atoms with Crippen molar-refractivity contribution < 1.29 is 0 Å². The number of rotatable bonds is 7. The lowest BCUT2D eigenvalue weighted by atomic mass is 9.80. The standard InChI is InChI=1S/C60H47N/c1-59(2)53-27-15-13-23-48(53)50-36-32-43(38-55(50)59)47-26-17-29-57(58(47)52-25-12-11-22-46(52)42-20-9-6-10-21-42)61(44-33-30-41(31-34-44)40-18-7-5-8-19-40)45-35-37-51-49-24-14-16-28-54(49)60(3,4)56(51)39-45/h5-39H,1-4H3. The lowest BCUT2D eigenvalue weighted by molar-refractivity contribution is 0.660. The van der Waals surface area contributed by atoms with Gasteiger partial charge in [0.05, 0.1) is 5.69 Å². The van der Waals surface area contributed by atoms with Crippen molar-refractivity contribution in [3.63, 3.8) is 0 Å². The number of fused-ring (bicyclic) bond motifs is 6. The van der Waals surface area contributed by atoms with Crippen LogP contribution in [-0.4, -0.2) is 0 Å². The summed E-state index contributed by atoms with van der Waals surface area (Å²) in [6.45, 7) is 9.49. The summed E-state index contributed by atoms with van der Waals surface area (Å²) < 4.78 is 0. The molecule has 0 saturated carbocycles. The molecule has 0 aromatic heterocycles. The topological polar surface area (TPSA) is 3.24 Å². The molecule has 2 aliphatic carbocycles. The minimum absolute atomic E-state index is 0.122. The van der Waals surface area contributed by atoms with Crippen molar-refractivity contribution in [2.75, 3.05) is 4.90 Å². The van der Waals surface area contributed by atoms with Crippen LogP contribution < -0.4 is 4.90 Å². The van der Waals surface area contributed by atoms with E-state index >= 15 is 0 Å². The third kappa shape index (κ3) is 5.91. The van der Waals surface area contributed by atoms with Gasteiger partial charge in [0.25, 0.3) is 0 Å². The van der Waals surface area contributed by atoms with Gasteiger partial charge in [0.2, 0.25) is 0 Å². The average Bonchev–Trinajstić information content (AvgIpc) is 3.68. The second-order valence-corrected chi connectivity index (χ2v) is 17.7. The summed E-state index contributed by atoms with van der Waals surface area (Å²) in [6, 6.07) is 78.7. The lowest BCUT2D eigenvalue weighted by Crippen LogP contribution is -2.17. The summed E-state index contributed by atoms with van der Waals surface area (Å²) in [5.41, 5.74) is 23.5. The molecule has 0 heterocycles. The Bertz CT molecular complexity index is 3120. The number of anilines is 3. The maximum atomic E-state index is 2.50. The second kappa shape index (κ2) is 14.2. The summed E-state index contributed by atoms with van der Waals surface area (Å²) in [7, 11) is 0. The largest absolute Gasteiger partial charge is 0.310 e. The van der Waals surface area contributed by atoms with Gasteiger partial charge in [-0.05, 0) is 120 Å². The Hall–Kier alpha value is -7.22. The first-order valence-corrected chi connectivity index (χ1v) is 21.5. The van der Waals surface area contributed by atoms with E-state index in [1.807, 2.05) is 0 Å². The predicted octanol–water partition coefficient (Wildman–Crippen LogP) is 16.4. The van der Waals surface area contributed by atoms with Gasteiger partial charge in [-0.15, -0.1) is 0 Å². The molecule has 0 N–H and O–H groups in total. The zero-order valence-corrected chi connectivity index (χ0v) is 35.2. The van der Waals surface area contributed by atoms with Crippen molar-refractivity contribution in [1.29, 1.82) is 0 Å². The van der Waals surface area contributed by atoms with Crippen LogP contribution in [0.1, 0.15) is 49.9 Å². The average molecular weight is 782 g/mol. The van der Waals surface area contributed by atoms with Crippen LogP contribution in [0.2, 0.25) is 0 Å². The molecule has 0 unspecified atom stereocenters. The van der Waals surface area contributed by atoms with Crippen LogP contribution in [0.5, 0.6) is 0 Å². The van der Waals surface area contributed by atoms with E-state index in [1.165, 1.54) is 89.0 Å². The van der Waals surface area contributed by atoms with Gasteiger partial charge in [0.15, 0.2) is 0 Å². The molecular formula is C60H47N. The van der Waals surface area contributed by atoms with Crippen LogP contribution in [-0.2, 0) is 10.8 Å². The molecule has 1 heteroatoms. The van der Waals surface area contributed by atoms with Crippen molar-refractivity contribution in [2.45, 2.75) is 38.5 Å². The molecule has 0 amide bonds. The van der Waals surface area contributed by atoms with Crippen molar-refractivity contribution in [2.24, 2.45) is 0 Å². The Morgan fingerprint density at radius 3 is 1.36 bits per heavy atom. The van der Waals surface area contributed by atoms with E-state index < -0.39 is 0 Å². The van der Waals surface area contributed by atoms with E-state index in [4.69, 9.17) is 0 Å². The molecule has 2 aliphatic rings. The summed E-state index contributed by atoms with van der Waals surface area (Å²) in [5.74, 6) is 0. The van der Waals surface area contributed by atoms with Gasteiger partial charge in [0, 0.05) is 27.8 Å². The summed E-state index contributed by atoms with van der Waals surface area (Å²) >= 11 is 0. The Kier molecular flexibility index (Phi) is 8.58. The smallest absolute Gasteiger partial charge is 0.0546 e. The van der Waals surface area contributed by atoms with E-state index in [0.29, 0.717) is 0 Å². The van der Waals surface area contributed by atoms with Gasteiger partial charge in [-0.25, -0.2) is 0 Å². The van der Waals surface area contributed by atoms with Crippen LogP contribution in [0, 0.1) is 0 Å². The first-order chi connectivity index (χ1) is 29.8. The van der Waals surface area contributed by atoms with Gasteiger partial charge in [-0.2, -0.15) is 0 Å². The molecule has 0 radical (unpaired) electrons. The van der Waals surface area contributed by atoms with E-state index in [2.05, 4.69) is 245 Å². The normalized spacial score (nSPS) is 13.8. The molecule has 0 bridgehead atoms. The summed E-state index contributed by atoms with van der Waals surface area (Å²) in [6.07, 6.45) is 0. The molecule has 61 heavy (non-hydrogen) atoms. The first-order valence-electron chi connectivity index (χ1n) is 21.5.